The SMILES string of the molecule is CC[C@@H](C)[C@H](NC(=O)c1ccc2c(=O)n(CC)c(=S)[nH]c2c1)c1nc2ccccc2[nH]1. The van der Waals surface area contributed by atoms with Crippen molar-refractivity contribution >= 4 is 40.1 Å². The van der Waals surface area contributed by atoms with E-state index in [1.165, 1.54) is 4.57 Å². The molecule has 31 heavy (non-hydrogen) atoms. The molecule has 2 aromatic heterocycles. The number of imidazole rings is 1. The van der Waals surface area contributed by atoms with Gasteiger partial charge in [-0.2, -0.15) is 0 Å². The maximum absolute atomic E-state index is 13.1. The van der Waals surface area contributed by atoms with Gasteiger partial charge in [0.2, 0.25) is 0 Å². The Morgan fingerprint density at radius 3 is 2.65 bits per heavy atom. The van der Waals surface area contributed by atoms with Crippen LogP contribution in [-0.4, -0.2) is 25.4 Å². The van der Waals surface area contributed by atoms with E-state index in [0.717, 1.165) is 23.3 Å². The molecule has 2 heterocycles. The third kappa shape index (κ3) is 3.90. The Kier molecular flexibility index (Phi) is 5.73. The number of carbonyl (C=O) groups is 1. The molecule has 1 amide bonds. The van der Waals surface area contributed by atoms with Gasteiger partial charge in [-0.1, -0.05) is 32.4 Å². The molecule has 8 heteroatoms. The van der Waals surface area contributed by atoms with Crippen molar-refractivity contribution in [3.63, 3.8) is 0 Å². The summed E-state index contributed by atoms with van der Waals surface area (Å²) in [6, 6.07) is 12.5. The van der Waals surface area contributed by atoms with E-state index in [1.54, 1.807) is 18.2 Å². The van der Waals surface area contributed by atoms with Crippen molar-refractivity contribution in [2.24, 2.45) is 5.92 Å². The number of amides is 1. The molecule has 0 spiro atoms. The summed E-state index contributed by atoms with van der Waals surface area (Å²) < 4.78 is 1.84. The van der Waals surface area contributed by atoms with Gasteiger partial charge in [0.15, 0.2) is 4.77 Å². The van der Waals surface area contributed by atoms with Gasteiger partial charge in [0, 0.05) is 12.1 Å². The molecule has 0 bridgehead atoms. The first-order valence-electron chi connectivity index (χ1n) is 10.4. The molecule has 0 aliphatic carbocycles. The summed E-state index contributed by atoms with van der Waals surface area (Å²) in [7, 11) is 0. The first-order chi connectivity index (χ1) is 14.9. The van der Waals surface area contributed by atoms with Crippen molar-refractivity contribution in [3.8, 4) is 0 Å². The Bertz CT molecular complexity index is 1350. The third-order valence-corrected chi connectivity index (χ3v) is 6.08. The molecule has 0 fully saturated rings. The average molecular weight is 436 g/mol. The van der Waals surface area contributed by atoms with Crippen molar-refractivity contribution in [1.82, 2.24) is 24.8 Å². The van der Waals surface area contributed by atoms with E-state index in [-0.39, 0.29) is 23.4 Å². The largest absolute Gasteiger partial charge is 0.342 e. The van der Waals surface area contributed by atoms with E-state index < -0.39 is 0 Å². The Hall–Kier alpha value is -3.26. The molecule has 4 rings (SSSR count). The zero-order valence-electron chi connectivity index (χ0n) is 17.7. The standard InChI is InChI=1S/C23H25N5O2S/c1-4-13(3)19(20-24-16-8-6-7-9-17(16)25-20)27-21(29)14-10-11-15-18(12-14)26-23(31)28(5-2)22(15)30/h6-13,19H,4-5H2,1-3H3,(H,24,25)(H,26,31)(H,27,29)/t13-,19+/m1/s1. The Morgan fingerprint density at radius 1 is 1.16 bits per heavy atom. The number of rotatable bonds is 6. The van der Waals surface area contributed by atoms with Gasteiger partial charge in [-0.05, 0) is 55.4 Å². The number of carbonyl (C=O) groups excluding carboxylic acids is 1. The van der Waals surface area contributed by atoms with Crippen LogP contribution in [0.3, 0.4) is 0 Å². The van der Waals surface area contributed by atoms with Crippen LogP contribution in [-0.2, 0) is 6.54 Å². The van der Waals surface area contributed by atoms with Gasteiger partial charge >= 0.3 is 0 Å². The lowest BCUT2D eigenvalue weighted by molar-refractivity contribution is 0.0920. The highest BCUT2D eigenvalue weighted by molar-refractivity contribution is 7.71. The lowest BCUT2D eigenvalue weighted by Gasteiger charge is -2.22. The van der Waals surface area contributed by atoms with Crippen LogP contribution in [0.25, 0.3) is 21.9 Å². The van der Waals surface area contributed by atoms with Crippen molar-refractivity contribution in [1.29, 1.82) is 0 Å². The molecule has 0 saturated carbocycles. The number of nitrogens with zero attached hydrogens (tertiary/aromatic N) is 2. The molecule has 0 radical (unpaired) electrons. The lowest BCUT2D eigenvalue weighted by atomic mass is 9.98. The normalized spacial score (nSPS) is 13.4. The van der Waals surface area contributed by atoms with Gasteiger partial charge in [-0.25, -0.2) is 4.98 Å². The number of hydrogen-bond donors (Lipinski definition) is 3. The molecule has 0 unspecified atom stereocenters. The lowest BCUT2D eigenvalue weighted by Crippen LogP contribution is -2.33. The van der Waals surface area contributed by atoms with Gasteiger partial charge < -0.3 is 15.3 Å². The monoisotopic (exact) mass is 435 g/mol. The molecule has 0 aliphatic heterocycles. The van der Waals surface area contributed by atoms with Crippen molar-refractivity contribution < 1.29 is 4.79 Å². The van der Waals surface area contributed by atoms with Gasteiger partial charge in [0.05, 0.1) is 28.0 Å². The molecule has 2 aromatic carbocycles. The fourth-order valence-corrected chi connectivity index (χ4v) is 4.07. The summed E-state index contributed by atoms with van der Waals surface area (Å²) in [5.74, 6) is 0.675. The van der Waals surface area contributed by atoms with Crippen LogP contribution in [0.2, 0.25) is 0 Å². The van der Waals surface area contributed by atoms with E-state index in [9.17, 15) is 9.59 Å². The van der Waals surface area contributed by atoms with Crippen molar-refractivity contribution in [2.45, 2.75) is 39.8 Å². The van der Waals surface area contributed by atoms with E-state index in [4.69, 9.17) is 12.2 Å². The summed E-state index contributed by atoms with van der Waals surface area (Å²) >= 11 is 5.28. The maximum Gasteiger partial charge on any atom is 0.262 e. The molecule has 7 nitrogen and oxygen atoms in total. The van der Waals surface area contributed by atoms with Crippen LogP contribution in [0.15, 0.2) is 47.3 Å². The highest BCUT2D eigenvalue weighted by Gasteiger charge is 2.24. The molecular weight excluding hydrogens is 410 g/mol. The number of nitrogens with one attached hydrogen (secondary N) is 3. The second kappa shape index (κ2) is 8.47. The predicted molar refractivity (Wildman–Crippen MR) is 125 cm³/mol. The highest BCUT2D eigenvalue weighted by Crippen LogP contribution is 2.25. The van der Waals surface area contributed by atoms with Crippen LogP contribution in [0, 0.1) is 10.7 Å². The number of hydrogen-bond acceptors (Lipinski definition) is 4. The zero-order chi connectivity index (χ0) is 22.1. The molecule has 4 aromatic rings. The quantitative estimate of drug-likeness (QED) is 0.389. The summed E-state index contributed by atoms with van der Waals surface area (Å²) in [6.07, 6.45) is 0.878. The van der Waals surface area contributed by atoms with Gasteiger partial charge in [-0.15, -0.1) is 0 Å². The second-order valence-corrected chi connectivity index (χ2v) is 8.10. The van der Waals surface area contributed by atoms with Gasteiger partial charge in [0.1, 0.15) is 5.82 Å². The summed E-state index contributed by atoms with van der Waals surface area (Å²) in [4.78, 5) is 36.8. The van der Waals surface area contributed by atoms with Crippen LogP contribution in [0.5, 0.6) is 0 Å². The van der Waals surface area contributed by atoms with Crippen LogP contribution in [0.4, 0.5) is 0 Å². The molecular formula is C23H25N5O2S. The number of benzene rings is 2. The maximum atomic E-state index is 13.1. The van der Waals surface area contributed by atoms with Crippen molar-refractivity contribution in [3.05, 3.63) is 69.0 Å². The third-order valence-electron chi connectivity index (χ3n) is 5.76. The number of fused-ring (bicyclic) bond motifs is 2. The van der Waals surface area contributed by atoms with E-state index in [0.29, 0.717) is 27.8 Å². The van der Waals surface area contributed by atoms with E-state index in [1.807, 2.05) is 31.2 Å². The van der Waals surface area contributed by atoms with Crippen LogP contribution in [0.1, 0.15) is 49.4 Å². The zero-order valence-corrected chi connectivity index (χ0v) is 18.5. The van der Waals surface area contributed by atoms with E-state index in [2.05, 4.69) is 34.1 Å². The summed E-state index contributed by atoms with van der Waals surface area (Å²) in [5.41, 5.74) is 2.65. The minimum atomic E-state index is -0.271. The minimum Gasteiger partial charge on any atom is -0.342 e. The van der Waals surface area contributed by atoms with Crippen LogP contribution < -0.4 is 10.9 Å². The smallest absolute Gasteiger partial charge is 0.262 e. The average Bonchev–Trinajstić information content (AvgIpc) is 3.20. The second-order valence-electron chi connectivity index (χ2n) is 7.72. The Morgan fingerprint density at radius 2 is 1.94 bits per heavy atom. The van der Waals surface area contributed by atoms with Gasteiger partial charge in [0.25, 0.3) is 11.5 Å². The van der Waals surface area contributed by atoms with Crippen LogP contribution >= 0.6 is 12.2 Å². The Balaban J connectivity index is 1.69. The number of aromatic amines is 2. The first-order valence-corrected chi connectivity index (χ1v) is 10.9. The molecule has 3 N–H and O–H groups in total. The molecule has 0 aliphatic rings. The summed E-state index contributed by atoms with van der Waals surface area (Å²) in [5, 5.41) is 3.62. The highest BCUT2D eigenvalue weighted by atomic mass is 32.1. The Labute approximate surface area is 184 Å². The fourth-order valence-electron chi connectivity index (χ4n) is 3.74. The number of H-pyrrole nitrogens is 2. The molecule has 160 valence electrons. The summed E-state index contributed by atoms with van der Waals surface area (Å²) in [6.45, 7) is 6.52. The fraction of sp³-hybridized carbons (Fsp3) is 0.304. The molecule has 0 saturated heterocycles. The van der Waals surface area contributed by atoms with Gasteiger partial charge in [-0.3, -0.25) is 14.2 Å². The predicted octanol–water partition coefficient (Wildman–Crippen LogP) is 4.47. The number of aromatic nitrogens is 4. The minimum absolute atomic E-state index is 0.159. The van der Waals surface area contributed by atoms with E-state index >= 15 is 0 Å². The van der Waals surface area contributed by atoms with Crippen molar-refractivity contribution in [2.75, 3.05) is 0 Å². The first kappa shape index (κ1) is 21.0. The topological polar surface area (TPSA) is 95.6 Å². The molecule has 2 atom stereocenters. The number of para-hydroxylation sites is 2.